The van der Waals surface area contributed by atoms with Crippen LogP contribution in [0.3, 0.4) is 0 Å². The third-order valence-electron chi connectivity index (χ3n) is 2.26. The maximum Gasteiger partial charge on any atom is 0.224 e. The first-order valence-corrected chi connectivity index (χ1v) is 5.14. The van der Waals surface area contributed by atoms with Crippen LogP contribution in [0.25, 0.3) is 0 Å². The van der Waals surface area contributed by atoms with Gasteiger partial charge in [0.25, 0.3) is 0 Å². The maximum absolute atomic E-state index is 11.5. The summed E-state index contributed by atoms with van der Waals surface area (Å²) in [6.07, 6.45) is 0.215. The summed E-state index contributed by atoms with van der Waals surface area (Å²) >= 11 is 0. The van der Waals surface area contributed by atoms with E-state index in [1.165, 1.54) is 0 Å². The molecule has 0 aliphatic rings. The normalized spacial score (nSPS) is 15.3. The van der Waals surface area contributed by atoms with Crippen LogP contribution >= 0.6 is 0 Å². The van der Waals surface area contributed by atoms with Crippen LogP contribution < -0.4 is 11.1 Å². The molecule has 0 bridgehead atoms. The minimum absolute atomic E-state index is 0.0110. The van der Waals surface area contributed by atoms with Crippen LogP contribution in [0.1, 0.15) is 27.2 Å². The number of aliphatic hydroxyl groups is 1. The Balaban J connectivity index is 3.81. The molecule has 0 aromatic rings. The fourth-order valence-electron chi connectivity index (χ4n) is 1.22. The molecule has 0 aliphatic heterocycles. The molecule has 2 unspecified atom stereocenters. The van der Waals surface area contributed by atoms with Crippen molar-refractivity contribution >= 4 is 5.91 Å². The van der Waals surface area contributed by atoms with Crippen molar-refractivity contribution in [2.75, 3.05) is 13.1 Å². The Morgan fingerprint density at radius 2 is 2.00 bits per heavy atom. The van der Waals surface area contributed by atoms with Crippen LogP contribution in [0.15, 0.2) is 0 Å². The third kappa shape index (κ3) is 5.19. The summed E-state index contributed by atoms with van der Waals surface area (Å²) in [5.41, 5.74) is 5.50. The fourth-order valence-corrected chi connectivity index (χ4v) is 1.22. The van der Waals surface area contributed by atoms with E-state index in [4.69, 9.17) is 10.8 Å². The van der Waals surface area contributed by atoms with Gasteiger partial charge in [-0.3, -0.25) is 4.79 Å². The summed E-state index contributed by atoms with van der Waals surface area (Å²) in [6, 6.07) is 0. The Hall–Kier alpha value is -0.610. The van der Waals surface area contributed by atoms with Gasteiger partial charge < -0.3 is 16.2 Å². The number of hydrogen-bond donors (Lipinski definition) is 3. The van der Waals surface area contributed by atoms with E-state index in [1.54, 1.807) is 6.92 Å². The average Bonchev–Trinajstić information content (AvgIpc) is 2.03. The van der Waals surface area contributed by atoms with E-state index in [2.05, 4.69) is 5.32 Å². The lowest BCUT2D eigenvalue weighted by Gasteiger charge is -2.18. The Morgan fingerprint density at radius 3 is 2.36 bits per heavy atom. The molecule has 0 aromatic carbocycles. The number of rotatable bonds is 6. The van der Waals surface area contributed by atoms with E-state index in [9.17, 15) is 4.79 Å². The summed E-state index contributed by atoms with van der Waals surface area (Å²) in [5, 5.41) is 11.8. The van der Waals surface area contributed by atoms with E-state index in [1.807, 2.05) is 13.8 Å². The van der Waals surface area contributed by atoms with Crippen molar-refractivity contribution in [1.82, 2.24) is 5.32 Å². The zero-order valence-electron chi connectivity index (χ0n) is 9.29. The zero-order chi connectivity index (χ0) is 11.1. The van der Waals surface area contributed by atoms with Gasteiger partial charge in [0, 0.05) is 13.1 Å². The van der Waals surface area contributed by atoms with Crippen molar-refractivity contribution in [3.05, 3.63) is 0 Å². The van der Waals surface area contributed by atoms with Crippen LogP contribution in [-0.4, -0.2) is 30.2 Å². The van der Waals surface area contributed by atoms with Gasteiger partial charge in [-0.1, -0.05) is 13.8 Å². The lowest BCUT2D eigenvalue weighted by molar-refractivity contribution is -0.126. The highest BCUT2D eigenvalue weighted by molar-refractivity contribution is 5.79. The van der Waals surface area contributed by atoms with Gasteiger partial charge in [0.15, 0.2) is 0 Å². The summed E-state index contributed by atoms with van der Waals surface area (Å²) in [7, 11) is 0. The molecule has 1 amide bonds. The molecule has 4 nitrogen and oxygen atoms in total. The van der Waals surface area contributed by atoms with Crippen molar-refractivity contribution in [1.29, 1.82) is 0 Å². The lowest BCUT2D eigenvalue weighted by Crippen LogP contribution is -2.38. The van der Waals surface area contributed by atoms with E-state index < -0.39 is 0 Å². The predicted molar refractivity (Wildman–Crippen MR) is 56.7 cm³/mol. The van der Waals surface area contributed by atoms with Gasteiger partial charge >= 0.3 is 0 Å². The number of nitrogens with two attached hydrogens (primary N) is 1. The maximum atomic E-state index is 11.5. The van der Waals surface area contributed by atoms with Crippen molar-refractivity contribution < 1.29 is 9.90 Å². The first-order valence-electron chi connectivity index (χ1n) is 5.14. The highest BCUT2D eigenvalue weighted by Crippen LogP contribution is 2.08. The molecule has 4 N–H and O–H groups in total. The van der Waals surface area contributed by atoms with Gasteiger partial charge in [-0.15, -0.1) is 0 Å². The molecule has 0 aliphatic carbocycles. The summed E-state index contributed by atoms with van der Waals surface area (Å²) in [6.45, 7) is 6.55. The molecule has 0 radical (unpaired) electrons. The molecular formula is C10H22N2O2. The van der Waals surface area contributed by atoms with Gasteiger partial charge in [0.1, 0.15) is 0 Å². The molecule has 0 rings (SSSR count). The van der Waals surface area contributed by atoms with Crippen molar-refractivity contribution in [2.24, 2.45) is 17.6 Å². The van der Waals surface area contributed by atoms with Gasteiger partial charge in [-0.25, -0.2) is 0 Å². The summed E-state index contributed by atoms with van der Waals surface area (Å²) in [4.78, 5) is 11.5. The smallest absolute Gasteiger partial charge is 0.224 e. The topological polar surface area (TPSA) is 75.3 Å². The highest BCUT2D eigenvalue weighted by atomic mass is 16.3. The molecule has 84 valence electrons. The minimum atomic E-state index is -0.370. The molecule has 0 aromatic heterocycles. The molecule has 0 saturated heterocycles. The second kappa shape index (κ2) is 6.79. The number of amides is 1. The second-order valence-corrected chi connectivity index (χ2v) is 4.01. The summed E-state index contributed by atoms with van der Waals surface area (Å²) < 4.78 is 0. The third-order valence-corrected chi connectivity index (χ3v) is 2.26. The van der Waals surface area contributed by atoms with Crippen molar-refractivity contribution in [2.45, 2.75) is 33.3 Å². The molecule has 0 heterocycles. The molecule has 0 fully saturated rings. The Morgan fingerprint density at radius 1 is 1.43 bits per heavy atom. The number of carbonyl (C=O) groups excluding carboxylic acids is 1. The second-order valence-electron chi connectivity index (χ2n) is 4.01. The SMILES string of the molecule is CC(O)CCNC(=O)C(CN)C(C)C. The van der Waals surface area contributed by atoms with Gasteiger partial charge in [0.2, 0.25) is 5.91 Å². The van der Waals surface area contributed by atoms with E-state index in [0.717, 1.165) is 0 Å². The van der Waals surface area contributed by atoms with Crippen LogP contribution in [-0.2, 0) is 4.79 Å². The zero-order valence-corrected chi connectivity index (χ0v) is 9.29. The molecule has 14 heavy (non-hydrogen) atoms. The highest BCUT2D eigenvalue weighted by Gasteiger charge is 2.19. The molecule has 0 saturated carbocycles. The number of aliphatic hydroxyl groups excluding tert-OH is 1. The van der Waals surface area contributed by atoms with Gasteiger partial charge in [0.05, 0.1) is 12.0 Å². The van der Waals surface area contributed by atoms with E-state index in [-0.39, 0.29) is 23.8 Å². The van der Waals surface area contributed by atoms with Crippen LogP contribution in [0, 0.1) is 11.8 Å². The monoisotopic (exact) mass is 202 g/mol. The van der Waals surface area contributed by atoms with Crippen molar-refractivity contribution in [3.8, 4) is 0 Å². The fraction of sp³-hybridized carbons (Fsp3) is 0.900. The van der Waals surface area contributed by atoms with E-state index in [0.29, 0.717) is 19.5 Å². The predicted octanol–water partition coefficient (Wildman–Crippen LogP) is 0.104. The van der Waals surface area contributed by atoms with Crippen molar-refractivity contribution in [3.63, 3.8) is 0 Å². The molecular weight excluding hydrogens is 180 g/mol. The minimum Gasteiger partial charge on any atom is -0.393 e. The Kier molecular flexibility index (Phi) is 6.49. The van der Waals surface area contributed by atoms with Gasteiger partial charge in [-0.2, -0.15) is 0 Å². The summed E-state index contributed by atoms with van der Waals surface area (Å²) in [5.74, 6) is 0.124. The molecule has 4 heteroatoms. The Bertz CT molecular complexity index is 170. The molecule has 0 spiro atoms. The average molecular weight is 202 g/mol. The lowest BCUT2D eigenvalue weighted by atomic mass is 9.95. The van der Waals surface area contributed by atoms with Crippen LogP contribution in [0.4, 0.5) is 0 Å². The first kappa shape index (κ1) is 13.4. The number of hydrogen-bond acceptors (Lipinski definition) is 3. The quantitative estimate of drug-likeness (QED) is 0.572. The largest absolute Gasteiger partial charge is 0.393 e. The molecule has 2 atom stereocenters. The van der Waals surface area contributed by atoms with E-state index >= 15 is 0 Å². The van der Waals surface area contributed by atoms with Crippen LogP contribution in [0.2, 0.25) is 0 Å². The first-order chi connectivity index (χ1) is 6.49. The van der Waals surface area contributed by atoms with Gasteiger partial charge in [-0.05, 0) is 19.3 Å². The standard InChI is InChI=1S/C10H22N2O2/c1-7(2)9(6-11)10(14)12-5-4-8(3)13/h7-9,13H,4-6,11H2,1-3H3,(H,12,14). The Labute approximate surface area is 85.9 Å². The number of carbonyl (C=O) groups is 1. The number of nitrogens with one attached hydrogen (secondary N) is 1. The van der Waals surface area contributed by atoms with Crippen LogP contribution in [0.5, 0.6) is 0 Å².